The van der Waals surface area contributed by atoms with Gasteiger partial charge in [0.2, 0.25) is 0 Å². The number of fused-ring (bicyclic) bond motifs is 1. The largest absolute Gasteiger partial charge is 0.504 e. The molecule has 0 aliphatic heterocycles. The highest BCUT2D eigenvalue weighted by Crippen LogP contribution is 2.34. The lowest BCUT2D eigenvalue weighted by Gasteiger charge is -2.16. The van der Waals surface area contributed by atoms with Crippen LogP contribution in [0.4, 0.5) is 0 Å². The van der Waals surface area contributed by atoms with Crippen molar-refractivity contribution in [1.29, 1.82) is 0 Å². The first-order valence-electron chi connectivity index (χ1n) is 6.83. The Morgan fingerprint density at radius 1 is 1.14 bits per heavy atom. The van der Waals surface area contributed by atoms with E-state index in [2.05, 4.69) is 5.32 Å². The summed E-state index contributed by atoms with van der Waals surface area (Å²) in [4.78, 5) is 0. The molecule has 0 saturated heterocycles. The molecular weight excluding hydrogens is 290 g/mol. The van der Waals surface area contributed by atoms with Crippen LogP contribution in [0.3, 0.4) is 0 Å². The second-order valence-corrected chi connectivity index (χ2v) is 5.16. The molecule has 0 heterocycles. The van der Waals surface area contributed by atoms with Crippen LogP contribution < -0.4 is 10.1 Å². The third kappa shape index (κ3) is 4.77. The number of benzene rings is 2. The van der Waals surface area contributed by atoms with Crippen LogP contribution in [0.2, 0.25) is 0 Å². The third-order valence-electron chi connectivity index (χ3n) is 3.04. The standard InChI is InChI=1S/C16H21NO3.ClH/c1-11(2)17-9-13(18)10-20-16-14-6-4-3-5-12(14)7-8-15(16)19;/h3-8,11,13,17-19H,9-10H2,1-2H3;1H. The third-order valence-corrected chi connectivity index (χ3v) is 3.04. The van der Waals surface area contributed by atoms with Crippen LogP contribution in [0, 0.1) is 0 Å². The maximum Gasteiger partial charge on any atom is 0.168 e. The van der Waals surface area contributed by atoms with E-state index in [9.17, 15) is 10.2 Å². The molecule has 2 aromatic carbocycles. The normalized spacial score (nSPS) is 12.2. The van der Waals surface area contributed by atoms with Crippen LogP contribution in [-0.4, -0.2) is 35.5 Å². The fourth-order valence-electron chi connectivity index (χ4n) is 1.99. The van der Waals surface area contributed by atoms with Crippen molar-refractivity contribution in [2.45, 2.75) is 26.0 Å². The number of phenols is 1. The van der Waals surface area contributed by atoms with Crippen molar-refractivity contribution in [3.05, 3.63) is 36.4 Å². The number of ether oxygens (including phenoxy) is 1. The highest BCUT2D eigenvalue weighted by Gasteiger charge is 2.11. The Labute approximate surface area is 131 Å². The lowest BCUT2D eigenvalue weighted by atomic mass is 10.1. The van der Waals surface area contributed by atoms with Crippen molar-refractivity contribution < 1.29 is 14.9 Å². The fourth-order valence-corrected chi connectivity index (χ4v) is 1.99. The maximum absolute atomic E-state index is 9.92. The van der Waals surface area contributed by atoms with E-state index >= 15 is 0 Å². The maximum atomic E-state index is 9.92. The monoisotopic (exact) mass is 311 g/mol. The van der Waals surface area contributed by atoms with Crippen LogP contribution in [0.15, 0.2) is 36.4 Å². The number of aliphatic hydroxyl groups is 1. The minimum Gasteiger partial charge on any atom is -0.504 e. The van der Waals surface area contributed by atoms with Gasteiger partial charge in [-0.1, -0.05) is 44.2 Å². The summed E-state index contributed by atoms with van der Waals surface area (Å²) in [5.74, 6) is 0.513. The minimum absolute atomic E-state index is 0. The molecule has 0 spiro atoms. The van der Waals surface area contributed by atoms with Crippen LogP contribution >= 0.6 is 12.4 Å². The van der Waals surface area contributed by atoms with E-state index in [4.69, 9.17) is 4.74 Å². The van der Waals surface area contributed by atoms with Crippen molar-refractivity contribution in [3.63, 3.8) is 0 Å². The molecule has 0 bridgehead atoms. The second-order valence-electron chi connectivity index (χ2n) is 5.16. The number of aliphatic hydroxyl groups excluding tert-OH is 1. The molecule has 4 nitrogen and oxygen atoms in total. The zero-order valence-electron chi connectivity index (χ0n) is 12.2. The summed E-state index contributed by atoms with van der Waals surface area (Å²) in [5, 5.41) is 24.8. The highest BCUT2D eigenvalue weighted by molar-refractivity contribution is 5.90. The van der Waals surface area contributed by atoms with Crippen LogP contribution in [-0.2, 0) is 0 Å². The summed E-state index contributed by atoms with van der Waals surface area (Å²) in [6.07, 6.45) is -0.615. The van der Waals surface area contributed by atoms with E-state index in [1.165, 1.54) is 0 Å². The molecule has 0 fully saturated rings. The minimum atomic E-state index is -0.615. The first-order chi connectivity index (χ1) is 9.58. The van der Waals surface area contributed by atoms with Crippen LogP contribution in [0.5, 0.6) is 11.5 Å². The molecule has 21 heavy (non-hydrogen) atoms. The molecule has 5 heteroatoms. The lowest BCUT2D eigenvalue weighted by Crippen LogP contribution is -2.35. The molecule has 1 unspecified atom stereocenters. The van der Waals surface area contributed by atoms with Gasteiger partial charge in [-0.05, 0) is 11.5 Å². The Morgan fingerprint density at radius 3 is 2.57 bits per heavy atom. The Kier molecular flexibility index (Phi) is 6.75. The van der Waals surface area contributed by atoms with Gasteiger partial charge >= 0.3 is 0 Å². The predicted molar refractivity (Wildman–Crippen MR) is 87.5 cm³/mol. The molecule has 0 radical (unpaired) electrons. The molecule has 1 atom stereocenters. The highest BCUT2D eigenvalue weighted by atomic mass is 35.5. The zero-order valence-corrected chi connectivity index (χ0v) is 13.1. The molecule has 0 aliphatic rings. The molecule has 0 aliphatic carbocycles. The average Bonchev–Trinajstić information content (AvgIpc) is 2.44. The van der Waals surface area contributed by atoms with E-state index in [-0.39, 0.29) is 24.8 Å². The van der Waals surface area contributed by atoms with E-state index in [1.54, 1.807) is 6.07 Å². The number of halogens is 1. The number of rotatable bonds is 6. The molecule has 0 aromatic heterocycles. The van der Waals surface area contributed by atoms with Gasteiger partial charge in [0.15, 0.2) is 11.5 Å². The van der Waals surface area contributed by atoms with Gasteiger partial charge in [-0.3, -0.25) is 0 Å². The average molecular weight is 312 g/mol. The summed E-state index contributed by atoms with van der Waals surface area (Å²) < 4.78 is 5.60. The van der Waals surface area contributed by atoms with Crippen molar-refractivity contribution in [2.24, 2.45) is 0 Å². The first-order valence-corrected chi connectivity index (χ1v) is 6.83. The van der Waals surface area contributed by atoms with Gasteiger partial charge in [-0.15, -0.1) is 12.4 Å². The van der Waals surface area contributed by atoms with Crippen molar-refractivity contribution in [3.8, 4) is 11.5 Å². The van der Waals surface area contributed by atoms with Gasteiger partial charge in [-0.25, -0.2) is 0 Å². The fraction of sp³-hybridized carbons (Fsp3) is 0.375. The van der Waals surface area contributed by atoms with Gasteiger partial charge < -0.3 is 20.3 Å². The molecule has 3 N–H and O–H groups in total. The lowest BCUT2D eigenvalue weighted by molar-refractivity contribution is 0.104. The topological polar surface area (TPSA) is 61.7 Å². The summed E-state index contributed by atoms with van der Waals surface area (Å²) in [7, 11) is 0. The van der Waals surface area contributed by atoms with E-state index in [0.717, 1.165) is 10.8 Å². The van der Waals surface area contributed by atoms with Gasteiger partial charge in [-0.2, -0.15) is 0 Å². The number of phenolic OH excluding ortho intramolecular Hbond substituents is 1. The predicted octanol–water partition coefficient (Wildman–Crippen LogP) is 2.70. The van der Waals surface area contributed by atoms with Gasteiger partial charge in [0.1, 0.15) is 12.7 Å². The Hall–Kier alpha value is -1.49. The van der Waals surface area contributed by atoms with E-state index in [1.807, 2.05) is 44.2 Å². The molecule has 0 amide bonds. The Bertz CT molecular complexity index is 574. The molecule has 0 saturated carbocycles. The molecule has 2 aromatic rings. The smallest absolute Gasteiger partial charge is 0.168 e. The molecule has 2 rings (SSSR count). The molecule has 116 valence electrons. The summed E-state index contributed by atoms with van der Waals surface area (Å²) >= 11 is 0. The number of nitrogens with one attached hydrogen (secondary N) is 1. The quantitative estimate of drug-likeness (QED) is 0.767. The molecular formula is C16H22ClNO3. The number of hydrogen-bond acceptors (Lipinski definition) is 4. The van der Waals surface area contributed by atoms with Gasteiger partial charge in [0.05, 0.1) is 0 Å². The summed E-state index contributed by atoms with van der Waals surface area (Å²) in [6, 6.07) is 11.4. The summed E-state index contributed by atoms with van der Waals surface area (Å²) in [5.41, 5.74) is 0. The Balaban J connectivity index is 0.00000220. The Morgan fingerprint density at radius 2 is 1.86 bits per heavy atom. The zero-order chi connectivity index (χ0) is 14.5. The van der Waals surface area contributed by atoms with Crippen molar-refractivity contribution in [2.75, 3.05) is 13.2 Å². The van der Waals surface area contributed by atoms with E-state index < -0.39 is 6.10 Å². The first kappa shape index (κ1) is 17.6. The SMILES string of the molecule is CC(C)NCC(O)COc1c(O)ccc2ccccc12.Cl. The van der Waals surface area contributed by atoms with Gasteiger partial charge in [0, 0.05) is 18.0 Å². The van der Waals surface area contributed by atoms with Crippen LogP contribution in [0.25, 0.3) is 10.8 Å². The van der Waals surface area contributed by atoms with Gasteiger partial charge in [0.25, 0.3) is 0 Å². The summed E-state index contributed by atoms with van der Waals surface area (Å²) in [6.45, 7) is 4.64. The van der Waals surface area contributed by atoms with Crippen LogP contribution in [0.1, 0.15) is 13.8 Å². The van der Waals surface area contributed by atoms with E-state index in [0.29, 0.717) is 18.3 Å². The number of hydrogen-bond donors (Lipinski definition) is 3. The van der Waals surface area contributed by atoms with Crippen molar-refractivity contribution >= 4 is 23.2 Å². The second kappa shape index (κ2) is 8.08. The number of aromatic hydroxyl groups is 1. The van der Waals surface area contributed by atoms with Crippen molar-refractivity contribution in [1.82, 2.24) is 5.32 Å².